The van der Waals surface area contributed by atoms with E-state index in [1.54, 1.807) is 4.90 Å². The van der Waals surface area contributed by atoms with Gasteiger partial charge in [0.1, 0.15) is 0 Å². The minimum absolute atomic E-state index is 0.00234. The third-order valence-corrected chi connectivity index (χ3v) is 4.19. The Morgan fingerprint density at radius 2 is 1.90 bits per heavy atom. The van der Waals surface area contributed by atoms with Crippen LogP contribution in [0.4, 0.5) is 5.69 Å². The van der Waals surface area contributed by atoms with Gasteiger partial charge < -0.3 is 4.90 Å². The van der Waals surface area contributed by atoms with Gasteiger partial charge in [-0.25, -0.2) is 0 Å². The molecular formula is C16H15Br2NO. The molecule has 0 atom stereocenters. The van der Waals surface area contributed by atoms with E-state index in [-0.39, 0.29) is 5.91 Å². The molecule has 2 aromatic rings. The van der Waals surface area contributed by atoms with Gasteiger partial charge in [0.15, 0.2) is 0 Å². The number of benzene rings is 2. The van der Waals surface area contributed by atoms with Crippen molar-refractivity contribution in [3.8, 4) is 0 Å². The van der Waals surface area contributed by atoms with Gasteiger partial charge in [-0.3, -0.25) is 4.79 Å². The van der Waals surface area contributed by atoms with Crippen molar-refractivity contribution < 1.29 is 4.79 Å². The molecule has 0 bridgehead atoms. The maximum Gasteiger partial charge on any atom is 0.259 e. The second-order valence-electron chi connectivity index (χ2n) is 4.51. The van der Waals surface area contributed by atoms with Gasteiger partial charge in [-0.2, -0.15) is 0 Å². The van der Waals surface area contributed by atoms with E-state index in [4.69, 9.17) is 0 Å². The van der Waals surface area contributed by atoms with Crippen LogP contribution in [0, 0.1) is 6.92 Å². The largest absolute Gasteiger partial charge is 0.309 e. The lowest BCUT2D eigenvalue weighted by molar-refractivity contribution is 0.0987. The molecule has 0 saturated heterocycles. The van der Waals surface area contributed by atoms with Crippen LogP contribution in [-0.4, -0.2) is 12.5 Å². The molecule has 0 heterocycles. The normalized spacial score (nSPS) is 10.4. The highest BCUT2D eigenvalue weighted by Crippen LogP contribution is 2.25. The lowest BCUT2D eigenvalue weighted by Gasteiger charge is -2.22. The zero-order valence-electron chi connectivity index (χ0n) is 11.4. The molecule has 0 saturated carbocycles. The number of nitrogens with zero attached hydrogens (tertiary/aromatic N) is 1. The first kappa shape index (κ1) is 15.3. The van der Waals surface area contributed by atoms with Crippen LogP contribution >= 0.6 is 31.9 Å². The van der Waals surface area contributed by atoms with Crippen LogP contribution in [-0.2, 0) is 0 Å². The standard InChI is InChI=1S/C16H15Br2NO/c1-3-19(13-6-4-5-11(2)9-13)16(20)14-8-7-12(17)10-15(14)18/h4-10H,3H2,1-2H3. The fourth-order valence-electron chi connectivity index (χ4n) is 2.05. The monoisotopic (exact) mass is 395 g/mol. The maximum absolute atomic E-state index is 12.7. The first-order valence-corrected chi connectivity index (χ1v) is 7.95. The molecule has 0 aliphatic heterocycles. The fraction of sp³-hybridized carbons (Fsp3) is 0.188. The Morgan fingerprint density at radius 1 is 1.15 bits per heavy atom. The van der Waals surface area contributed by atoms with Crippen LogP contribution in [0.1, 0.15) is 22.8 Å². The summed E-state index contributed by atoms with van der Waals surface area (Å²) in [7, 11) is 0. The van der Waals surface area contributed by atoms with Gasteiger partial charge in [0.25, 0.3) is 5.91 Å². The van der Waals surface area contributed by atoms with Crippen molar-refractivity contribution >= 4 is 43.5 Å². The molecule has 0 aliphatic carbocycles. The first-order valence-electron chi connectivity index (χ1n) is 6.36. The van der Waals surface area contributed by atoms with Gasteiger partial charge >= 0.3 is 0 Å². The lowest BCUT2D eigenvalue weighted by Crippen LogP contribution is -2.30. The summed E-state index contributed by atoms with van der Waals surface area (Å²) >= 11 is 6.85. The molecule has 2 aromatic carbocycles. The van der Waals surface area contributed by atoms with Crippen LogP contribution in [0.3, 0.4) is 0 Å². The van der Waals surface area contributed by atoms with Crippen LogP contribution in [0.15, 0.2) is 51.4 Å². The van der Waals surface area contributed by atoms with Crippen LogP contribution in [0.5, 0.6) is 0 Å². The smallest absolute Gasteiger partial charge is 0.259 e. The summed E-state index contributed by atoms with van der Waals surface area (Å²) in [4.78, 5) is 14.5. The van der Waals surface area contributed by atoms with E-state index in [9.17, 15) is 4.79 Å². The Bertz CT molecular complexity index is 640. The highest BCUT2D eigenvalue weighted by molar-refractivity contribution is 9.11. The van der Waals surface area contributed by atoms with Crippen LogP contribution in [0.25, 0.3) is 0 Å². The third kappa shape index (κ3) is 3.30. The summed E-state index contributed by atoms with van der Waals surface area (Å²) in [5.41, 5.74) is 2.73. The minimum atomic E-state index is -0.00234. The third-order valence-electron chi connectivity index (χ3n) is 3.04. The average molecular weight is 397 g/mol. The highest BCUT2D eigenvalue weighted by atomic mass is 79.9. The Morgan fingerprint density at radius 3 is 2.50 bits per heavy atom. The Labute approximate surface area is 136 Å². The molecule has 1 amide bonds. The number of carbonyl (C=O) groups is 1. The Balaban J connectivity index is 2.39. The quantitative estimate of drug-likeness (QED) is 0.699. The number of hydrogen-bond acceptors (Lipinski definition) is 1. The van der Waals surface area contributed by atoms with Crippen LogP contribution < -0.4 is 4.90 Å². The SMILES string of the molecule is CCN(C(=O)c1ccc(Br)cc1Br)c1cccc(C)c1. The predicted octanol–water partition coefficient (Wildman–Crippen LogP) is 5.19. The van der Waals surface area contributed by atoms with E-state index in [2.05, 4.69) is 31.9 Å². The number of amides is 1. The molecule has 0 unspecified atom stereocenters. The van der Waals surface area contributed by atoms with E-state index in [0.717, 1.165) is 20.2 Å². The van der Waals surface area contributed by atoms with E-state index in [0.29, 0.717) is 12.1 Å². The van der Waals surface area contributed by atoms with Crippen molar-refractivity contribution in [3.63, 3.8) is 0 Å². The van der Waals surface area contributed by atoms with Crippen molar-refractivity contribution in [3.05, 3.63) is 62.5 Å². The second kappa shape index (κ2) is 6.55. The molecule has 0 aliphatic rings. The summed E-state index contributed by atoms with van der Waals surface area (Å²) in [5, 5.41) is 0. The van der Waals surface area contributed by atoms with Gasteiger partial charge in [-0.05, 0) is 65.7 Å². The molecule has 2 rings (SSSR count). The van der Waals surface area contributed by atoms with Gasteiger partial charge in [-0.1, -0.05) is 28.1 Å². The number of hydrogen-bond donors (Lipinski definition) is 0. The Hall–Kier alpha value is -1.13. The van der Waals surface area contributed by atoms with Gasteiger partial charge in [0, 0.05) is 21.2 Å². The summed E-state index contributed by atoms with van der Waals surface area (Å²) in [6.45, 7) is 4.63. The first-order chi connectivity index (χ1) is 9.52. The fourth-order valence-corrected chi connectivity index (χ4v) is 3.26. The summed E-state index contributed by atoms with van der Waals surface area (Å²) in [5.74, 6) is -0.00234. The molecule has 0 radical (unpaired) electrons. The molecule has 0 N–H and O–H groups in total. The number of rotatable bonds is 3. The number of aryl methyl sites for hydroxylation is 1. The summed E-state index contributed by atoms with van der Waals surface area (Å²) < 4.78 is 1.74. The van der Waals surface area contributed by atoms with Crippen molar-refractivity contribution in [1.82, 2.24) is 0 Å². The van der Waals surface area contributed by atoms with Crippen molar-refractivity contribution in [2.24, 2.45) is 0 Å². The maximum atomic E-state index is 12.7. The van der Waals surface area contributed by atoms with Gasteiger partial charge in [0.2, 0.25) is 0 Å². The van der Waals surface area contributed by atoms with E-state index < -0.39 is 0 Å². The van der Waals surface area contributed by atoms with Crippen molar-refractivity contribution in [2.75, 3.05) is 11.4 Å². The molecule has 0 spiro atoms. The van der Waals surface area contributed by atoms with Gasteiger partial charge in [-0.15, -0.1) is 0 Å². The Kier molecular flexibility index (Phi) is 5.00. The van der Waals surface area contributed by atoms with Gasteiger partial charge in [0.05, 0.1) is 5.56 Å². The summed E-state index contributed by atoms with van der Waals surface area (Å²) in [6.07, 6.45) is 0. The van der Waals surface area contributed by atoms with Crippen molar-refractivity contribution in [1.29, 1.82) is 0 Å². The van der Waals surface area contributed by atoms with E-state index in [1.165, 1.54) is 0 Å². The zero-order valence-corrected chi connectivity index (χ0v) is 14.5. The van der Waals surface area contributed by atoms with Crippen LogP contribution in [0.2, 0.25) is 0 Å². The van der Waals surface area contributed by atoms with Crippen molar-refractivity contribution in [2.45, 2.75) is 13.8 Å². The number of carbonyl (C=O) groups excluding carboxylic acids is 1. The molecule has 20 heavy (non-hydrogen) atoms. The molecule has 0 fully saturated rings. The molecule has 4 heteroatoms. The molecule has 104 valence electrons. The minimum Gasteiger partial charge on any atom is -0.309 e. The summed E-state index contributed by atoms with van der Waals surface area (Å²) in [6, 6.07) is 13.6. The number of anilines is 1. The topological polar surface area (TPSA) is 20.3 Å². The zero-order chi connectivity index (χ0) is 14.7. The number of halogens is 2. The average Bonchev–Trinajstić information content (AvgIpc) is 2.39. The molecular weight excluding hydrogens is 382 g/mol. The highest BCUT2D eigenvalue weighted by Gasteiger charge is 2.18. The lowest BCUT2D eigenvalue weighted by atomic mass is 10.1. The predicted molar refractivity (Wildman–Crippen MR) is 90.4 cm³/mol. The van der Waals surface area contributed by atoms with E-state index >= 15 is 0 Å². The van der Waals surface area contributed by atoms with E-state index in [1.807, 2.05) is 56.3 Å². The second-order valence-corrected chi connectivity index (χ2v) is 6.28. The molecule has 2 nitrogen and oxygen atoms in total. The molecule has 0 aromatic heterocycles.